The van der Waals surface area contributed by atoms with Crippen LogP contribution in [0.15, 0.2) is 27.7 Å². The van der Waals surface area contributed by atoms with E-state index in [9.17, 15) is 0 Å². The van der Waals surface area contributed by atoms with Crippen molar-refractivity contribution >= 4 is 5.96 Å². The smallest absolute Gasteiger partial charge is 0.223 e. The highest BCUT2D eigenvalue weighted by atomic mass is 16.5. The quantitative estimate of drug-likeness (QED) is 0.585. The molecule has 0 radical (unpaired) electrons. The van der Waals surface area contributed by atoms with Crippen LogP contribution in [-0.4, -0.2) is 73.3 Å². The molecule has 152 valence electrons. The van der Waals surface area contributed by atoms with Gasteiger partial charge in [0.05, 0.1) is 20.8 Å². The summed E-state index contributed by atoms with van der Waals surface area (Å²) >= 11 is 0. The summed E-state index contributed by atoms with van der Waals surface area (Å²) in [5, 5.41) is 7.21. The Hall–Kier alpha value is -2.81. The predicted molar refractivity (Wildman–Crippen MR) is 106 cm³/mol. The lowest BCUT2D eigenvalue weighted by Gasteiger charge is -2.36. The minimum Gasteiger partial charge on any atom is -0.493 e. The molecule has 0 bridgehead atoms. The number of aryl methyl sites for hydroxylation is 1. The average molecular weight is 388 g/mol. The van der Waals surface area contributed by atoms with Gasteiger partial charge in [-0.1, -0.05) is 11.2 Å². The second kappa shape index (κ2) is 9.41. The van der Waals surface area contributed by atoms with Gasteiger partial charge in [0.1, 0.15) is 0 Å². The second-order valence-electron chi connectivity index (χ2n) is 6.58. The third kappa shape index (κ3) is 4.92. The Kier molecular flexibility index (Phi) is 6.70. The van der Waals surface area contributed by atoms with Crippen molar-refractivity contribution in [1.82, 2.24) is 25.3 Å². The van der Waals surface area contributed by atoms with Crippen LogP contribution in [0.1, 0.15) is 17.3 Å². The number of rotatable bonds is 6. The molecular weight excluding hydrogens is 360 g/mol. The second-order valence-corrected chi connectivity index (χ2v) is 6.58. The van der Waals surface area contributed by atoms with E-state index < -0.39 is 0 Å². The molecule has 1 saturated heterocycles. The van der Waals surface area contributed by atoms with Gasteiger partial charge in [-0.25, -0.2) is 0 Å². The Morgan fingerprint density at radius 2 is 1.93 bits per heavy atom. The van der Waals surface area contributed by atoms with Crippen molar-refractivity contribution in [1.29, 1.82) is 0 Å². The van der Waals surface area contributed by atoms with Crippen LogP contribution in [0.5, 0.6) is 11.5 Å². The Bertz CT molecular complexity index is 799. The average Bonchev–Trinajstić information content (AvgIpc) is 3.14. The van der Waals surface area contributed by atoms with E-state index in [1.807, 2.05) is 12.1 Å². The summed E-state index contributed by atoms with van der Waals surface area (Å²) in [6.45, 7) is 6.87. The van der Waals surface area contributed by atoms with Crippen LogP contribution in [0.2, 0.25) is 0 Å². The van der Waals surface area contributed by atoms with Crippen LogP contribution in [-0.2, 0) is 13.1 Å². The van der Waals surface area contributed by atoms with Gasteiger partial charge in [0.25, 0.3) is 0 Å². The lowest BCUT2D eigenvalue weighted by Crippen LogP contribution is -2.52. The zero-order valence-corrected chi connectivity index (χ0v) is 16.9. The summed E-state index contributed by atoms with van der Waals surface area (Å²) in [6.07, 6.45) is 0. The number of aliphatic imine (C=N–C) groups is 1. The molecule has 9 heteroatoms. The lowest BCUT2D eigenvalue weighted by molar-refractivity contribution is 0.172. The van der Waals surface area contributed by atoms with Gasteiger partial charge in [0.15, 0.2) is 23.3 Å². The normalized spacial score (nSPS) is 15.6. The first-order chi connectivity index (χ1) is 13.6. The maximum Gasteiger partial charge on any atom is 0.223 e. The van der Waals surface area contributed by atoms with Crippen molar-refractivity contribution < 1.29 is 14.0 Å². The van der Waals surface area contributed by atoms with Gasteiger partial charge in [0.2, 0.25) is 5.89 Å². The molecule has 0 aliphatic carbocycles. The Morgan fingerprint density at radius 3 is 2.54 bits per heavy atom. The zero-order chi connectivity index (χ0) is 19.9. The summed E-state index contributed by atoms with van der Waals surface area (Å²) < 4.78 is 15.7. The third-order valence-electron chi connectivity index (χ3n) is 4.71. The van der Waals surface area contributed by atoms with Crippen LogP contribution in [0.25, 0.3) is 0 Å². The lowest BCUT2D eigenvalue weighted by atomic mass is 10.1. The summed E-state index contributed by atoms with van der Waals surface area (Å²) in [5.74, 6) is 3.57. The third-order valence-corrected chi connectivity index (χ3v) is 4.71. The van der Waals surface area contributed by atoms with E-state index in [1.165, 1.54) is 5.56 Å². The van der Waals surface area contributed by atoms with E-state index in [2.05, 4.69) is 36.3 Å². The van der Waals surface area contributed by atoms with E-state index in [4.69, 9.17) is 14.0 Å². The standard InChI is InChI=1S/C19H28N6O3/c1-14-22-18(23-28-14)12-21-19(20-2)25-9-7-24(8-10-25)13-15-5-6-16(26-3)17(11-15)27-4/h5-6,11H,7-10,12-13H2,1-4H3,(H,20,21). The van der Waals surface area contributed by atoms with E-state index in [1.54, 1.807) is 28.2 Å². The maximum absolute atomic E-state index is 5.40. The number of methoxy groups -OCH3 is 2. The van der Waals surface area contributed by atoms with Crippen molar-refractivity contribution in [3.63, 3.8) is 0 Å². The molecule has 28 heavy (non-hydrogen) atoms. The predicted octanol–water partition coefficient (Wildman–Crippen LogP) is 1.29. The molecule has 1 aliphatic heterocycles. The van der Waals surface area contributed by atoms with E-state index in [0.717, 1.165) is 50.2 Å². The molecule has 1 fully saturated rings. The first-order valence-corrected chi connectivity index (χ1v) is 9.31. The number of ether oxygens (including phenoxy) is 2. The minimum atomic E-state index is 0.496. The first kappa shape index (κ1) is 19.9. The van der Waals surface area contributed by atoms with Gasteiger partial charge in [-0.2, -0.15) is 4.98 Å². The van der Waals surface area contributed by atoms with Gasteiger partial charge in [0, 0.05) is 46.7 Å². The van der Waals surface area contributed by atoms with Crippen molar-refractivity contribution in [2.75, 3.05) is 47.4 Å². The molecule has 0 atom stereocenters. The fourth-order valence-corrected chi connectivity index (χ4v) is 3.26. The first-order valence-electron chi connectivity index (χ1n) is 9.31. The molecule has 0 spiro atoms. The molecule has 3 rings (SSSR count). The molecule has 0 amide bonds. The topological polar surface area (TPSA) is 88.2 Å². The summed E-state index contributed by atoms with van der Waals surface area (Å²) in [4.78, 5) is 13.3. The minimum absolute atomic E-state index is 0.496. The summed E-state index contributed by atoms with van der Waals surface area (Å²) in [7, 11) is 5.10. The van der Waals surface area contributed by atoms with E-state index in [-0.39, 0.29) is 0 Å². The highest BCUT2D eigenvalue weighted by Crippen LogP contribution is 2.28. The number of hydrogen-bond donors (Lipinski definition) is 1. The highest BCUT2D eigenvalue weighted by molar-refractivity contribution is 5.79. The number of piperazine rings is 1. The largest absolute Gasteiger partial charge is 0.493 e. The maximum atomic E-state index is 5.40. The number of guanidine groups is 1. The molecule has 2 heterocycles. The SMILES string of the molecule is CN=C(NCc1noc(C)n1)N1CCN(Cc2ccc(OC)c(OC)c2)CC1. The van der Waals surface area contributed by atoms with Crippen molar-refractivity contribution in [2.24, 2.45) is 4.99 Å². The summed E-state index contributed by atoms with van der Waals surface area (Å²) in [6, 6.07) is 6.08. The molecule has 1 aromatic heterocycles. The Balaban J connectivity index is 1.50. The van der Waals surface area contributed by atoms with Crippen molar-refractivity contribution in [2.45, 2.75) is 20.0 Å². The molecule has 0 saturated carbocycles. The van der Waals surface area contributed by atoms with Gasteiger partial charge in [-0.3, -0.25) is 9.89 Å². The molecular formula is C19H28N6O3. The molecule has 1 aliphatic rings. The van der Waals surface area contributed by atoms with Crippen molar-refractivity contribution in [3.05, 3.63) is 35.5 Å². The Labute approximate surface area is 165 Å². The van der Waals surface area contributed by atoms with Crippen LogP contribution < -0.4 is 14.8 Å². The zero-order valence-electron chi connectivity index (χ0n) is 16.9. The fourth-order valence-electron chi connectivity index (χ4n) is 3.26. The van der Waals surface area contributed by atoms with Crippen molar-refractivity contribution in [3.8, 4) is 11.5 Å². The van der Waals surface area contributed by atoms with E-state index in [0.29, 0.717) is 18.3 Å². The van der Waals surface area contributed by atoms with Crippen LogP contribution in [0, 0.1) is 6.92 Å². The van der Waals surface area contributed by atoms with Crippen LogP contribution in [0.4, 0.5) is 0 Å². The number of hydrogen-bond acceptors (Lipinski definition) is 7. The van der Waals surface area contributed by atoms with Crippen LogP contribution >= 0.6 is 0 Å². The number of nitrogens with one attached hydrogen (secondary N) is 1. The van der Waals surface area contributed by atoms with E-state index >= 15 is 0 Å². The molecule has 0 unspecified atom stereocenters. The molecule has 9 nitrogen and oxygen atoms in total. The van der Waals surface area contributed by atoms with Crippen LogP contribution in [0.3, 0.4) is 0 Å². The van der Waals surface area contributed by atoms with Gasteiger partial charge < -0.3 is 24.2 Å². The van der Waals surface area contributed by atoms with Gasteiger partial charge in [-0.05, 0) is 17.7 Å². The van der Waals surface area contributed by atoms with Gasteiger partial charge in [-0.15, -0.1) is 0 Å². The number of benzene rings is 1. The number of nitrogens with zero attached hydrogens (tertiary/aromatic N) is 5. The molecule has 1 N–H and O–H groups in total. The molecule has 1 aromatic carbocycles. The highest BCUT2D eigenvalue weighted by Gasteiger charge is 2.20. The number of aromatic nitrogens is 2. The Morgan fingerprint density at radius 1 is 1.18 bits per heavy atom. The fraction of sp³-hybridized carbons (Fsp3) is 0.526. The molecule has 2 aromatic rings. The monoisotopic (exact) mass is 388 g/mol. The van der Waals surface area contributed by atoms with Gasteiger partial charge >= 0.3 is 0 Å². The summed E-state index contributed by atoms with van der Waals surface area (Å²) in [5.41, 5.74) is 1.21.